The lowest BCUT2D eigenvalue weighted by molar-refractivity contribution is 0.0981. The van der Waals surface area contributed by atoms with Crippen molar-refractivity contribution in [3.8, 4) is 10.8 Å². The minimum absolute atomic E-state index is 0.0222. The van der Waals surface area contributed by atoms with Gasteiger partial charge in [-0.2, -0.15) is 0 Å². The van der Waals surface area contributed by atoms with Gasteiger partial charge in [-0.15, -0.1) is 11.3 Å². The molecule has 3 aromatic heterocycles. The first-order valence-corrected chi connectivity index (χ1v) is 11.0. The number of aromatic amines is 1. The smallest absolute Gasteiger partial charge is 0.330 e. The van der Waals surface area contributed by atoms with Crippen molar-refractivity contribution >= 4 is 28.7 Å². The molecule has 0 aliphatic rings. The van der Waals surface area contributed by atoms with E-state index in [1.165, 1.54) is 20.8 Å². The van der Waals surface area contributed by atoms with Crippen LogP contribution >= 0.6 is 11.3 Å². The standard InChI is InChI=1S/C21H27N5O4S/c1-5-6-9-25(16-17(22)26(11-12(2)3)21(29)24-18(16)27)20(28)15-13(4)31-19(23-15)14-8-7-10-30-14/h7-8,10,12H,5-6,9,11,22H2,1-4H3,(H,24,27,29). The first kappa shape index (κ1) is 22.5. The lowest BCUT2D eigenvalue weighted by Crippen LogP contribution is -2.42. The summed E-state index contributed by atoms with van der Waals surface area (Å²) in [6, 6.07) is 3.52. The van der Waals surface area contributed by atoms with Gasteiger partial charge in [-0.25, -0.2) is 9.78 Å². The number of H-pyrrole nitrogens is 1. The molecule has 3 heterocycles. The molecule has 0 atom stereocenters. The van der Waals surface area contributed by atoms with Gasteiger partial charge in [-0.1, -0.05) is 27.2 Å². The van der Waals surface area contributed by atoms with E-state index in [2.05, 4.69) is 9.97 Å². The van der Waals surface area contributed by atoms with Crippen LogP contribution in [0.3, 0.4) is 0 Å². The number of nitrogens with zero attached hydrogens (tertiary/aromatic N) is 3. The van der Waals surface area contributed by atoms with Crippen molar-refractivity contribution in [2.24, 2.45) is 5.92 Å². The van der Waals surface area contributed by atoms with Crippen molar-refractivity contribution in [2.75, 3.05) is 17.2 Å². The minimum atomic E-state index is -0.689. The van der Waals surface area contributed by atoms with Crippen LogP contribution in [0.2, 0.25) is 0 Å². The summed E-state index contributed by atoms with van der Waals surface area (Å²) >= 11 is 1.33. The Morgan fingerprint density at radius 2 is 2.13 bits per heavy atom. The highest BCUT2D eigenvalue weighted by atomic mass is 32.1. The number of nitrogens with one attached hydrogen (secondary N) is 1. The van der Waals surface area contributed by atoms with Gasteiger partial charge in [0.15, 0.2) is 16.5 Å². The maximum absolute atomic E-state index is 13.5. The molecule has 0 unspecified atom stereocenters. The third kappa shape index (κ3) is 4.63. The van der Waals surface area contributed by atoms with Crippen molar-refractivity contribution in [2.45, 2.75) is 47.1 Å². The Bertz CT molecular complexity index is 1170. The van der Waals surface area contributed by atoms with Crippen LogP contribution in [-0.4, -0.2) is 27.0 Å². The summed E-state index contributed by atoms with van der Waals surface area (Å²) in [7, 11) is 0. The van der Waals surface area contributed by atoms with Crippen molar-refractivity contribution in [3.63, 3.8) is 0 Å². The lowest BCUT2D eigenvalue weighted by Gasteiger charge is -2.24. The average molecular weight is 446 g/mol. The highest BCUT2D eigenvalue weighted by molar-refractivity contribution is 7.15. The number of nitrogens with two attached hydrogens (primary N) is 1. The monoisotopic (exact) mass is 445 g/mol. The van der Waals surface area contributed by atoms with Crippen LogP contribution in [0.5, 0.6) is 0 Å². The quantitative estimate of drug-likeness (QED) is 0.548. The van der Waals surface area contributed by atoms with Gasteiger partial charge in [0.1, 0.15) is 11.5 Å². The van der Waals surface area contributed by atoms with Crippen molar-refractivity contribution in [3.05, 3.63) is 49.8 Å². The maximum atomic E-state index is 13.5. The molecule has 0 radical (unpaired) electrons. The summed E-state index contributed by atoms with van der Waals surface area (Å²) in [6.45, 7) is 8.25. The number of amides is 1. The van der Waals surface area contributed by atoms with Crippen LogP contribution in [0, 0.1) is 12.8 Å². The number of unbranched alkanes of at least 4 members (excludes halogenated alkanes) is 1. The van der Waals surface area contributed by atoms with Crippen LogP contribution in [0.15, 0.2) is 32.4 Å². The highest BCUT2D eigenvalue weighted by Gasteiger charge is 2.28. The Morgan fingerprint density at radius 1 is 1.39 bits per heavy atom. The first-order valence-electron chi connectivity index (χ1n) is 10.2. The summed E-state index contributed by atoms with van der Waals surface area (Å²) in [5.41, 5.74) is 5.19. The van der Waals surface area contributed by atoms with Gasteiger partial charge in [0.05, 0.1) is 6.26 Å². The molecule has 3 rings (SSSR count). The van der Waals surface area contributed by atoms with Gasteiger partial charge >= 0.3 is 5.69 Å². The molecule has 31 heavy (non-hydrogen) atoms. The molecule has 0 bridgehead atoms. The normalized spacial score (nSPS) is 11.3. The molecule has 3 aromatic rings. The summed E-state index contributed by atoms with van der Waals surface area (Å²) in [5, 5.41) is 0.577. The van der Waals surface area contributed by atoms with Crippen molar-refractivity contribution < 1.29 is 9.21 Å². The molecular weight excluding hydrogens is 418 g/mol. The molecule has 0 spiro atoms. The number of hydrogen-bond donors (Lipinski definition) is 2. The van der Waals surface area contributed by atoms with Gasteiger partial charge < -0.3 is 10.2 Å². The van der Waals surface area contributed by atoms with E-state index < -0.39 is 17.2 Å². The fourth-order valence-electron chi connectivity index (χ4n) is 3.24. The molecule has 0 aromatic carbocycles. The van der Waals surface area contributed by atoms with Crippen LogP contribution in [0.1, 0.15) is 49.0 Å². The fourth-order valence-corrected chi connectivity index (χ4v) is 4.12. The molecule has 0 fully saturated rings. The van der Waals surface area contributed by atoms with Crippen LogP contribution in [0.25, 0.3) is 10.8 Å². The van der Waals surface area contributed by atoms with E-state index in [4.69, 9.17) is 10.2 Å². The molecule has 0 saturated heterocycles. The van der Waals surface area contributed by atoms with Gasteiger partial charge in [-0.3, -0.25) is 24.0 Å². The third-order valence-corrected chi connectivity index (χ3v) is 5.73. The summed E-state index contributed by atoms with van der Waals surface area (Å²) < 4.78 is 6.69. The zero-order valence-electron chi connectivity index (χ0n) is 18.1. The Morgan fingerprint density at radius 3 is 2.74 bits per heavy atom. The van der Waals surface area contributed by atoms with E-state index in [1.54, 1.807) is 25.3 Å². The molecule has 0 aliphatic carbocycles. The number of rotatable bonds is 8. The molecule has 0 saturated carbocycles. The summed E-state index contributed by atoms with van der Waals surface area (Å²) in [5.74, 6) is 0.225. The number of hydrogen-bond acceptors (Lipinski definition) is 7. The Balaban J connectivity index is 2.10. The van der Waals surface area contributed by atoms with E-state index in [0.717, 1.165) is 6.42 Å². The number of aromatic nitrogens is 3. The second-order valence-electron chi connectivity index (χ2n) is 7.71. The average Bonchev–Trinajstić information content (AvgIpc) is 3.36. The topological polar surface area (TPSA) is 127 Å². The number of thiazole rings is 1. The molecule has 0 aliphatic heterocycles. The van der Waals surface area contributed by atoms with E-state index in [0.29, 0.717) is 28.6 Å². The fraction of sp³-hybridized carbons (Fsp3) is 0.429. The van der Waals surface area contributed by atoms with E-state index in [9.17, 15) is 14.4 Å². The van der Waals surface area contributed by atoms with E-state index >= 15 is 0 Å². The Hall–Kier alpha value is -3.14. The first-order chi connectivity index (χ1) is 14.7. The number of aryl methyl sites for hydroxylation is 1. The molecular formula is C21H27N5O4S. The van der Waals surface area contributed by atoms with Crippen LogP contribution in [0.4, 0.5) is 11.5 Å². The zero-order chi connectivity index (χ0) is 22.7. The highest BCUT2D eigenvalue weighted by Crippen LogP contribution is 2.30. The van der Waals surface area contributed by atoms with Gasteiger partial charge in [0, 0.05) is 18.0 Å². The second-order valence-corrected chi connectivity index (χ2v) is 8.91. The van der Waals surface area contributed by atoms with Gasteiger partial charge in [0.2, 0.25) is 0 Å². The van der Waals surface area contributed by atoms with Crippen molar-refractivity contribution in [1.82, 2.24) is 14.5 Å². The zero-order valence-corrected chi connectivity index (χ0v) is 18.9. The van der Waals surface area contributed by atoms with Crippen LogP contribution in [-0.2, 0) is 6.54 Å². The van der Waals surface area contributed by atoms with E-state index in [1.807, 2.05) is 20.8 Å². The number of anilines is 2. The lowest BCUT2D eigenvalue weighted by atomic mass is 10.2. The minimum Gasteiger partial charge on any atom is -0.462 e. The largest absolute Gasteiger partial charge is 0.462 e. The summed E-state index contributed by atoms with van der Waals surface area (Å²) in [4.78, 5) is 47.4. The predicted molar refractivity (Wildman–Crippen MR) is 122 cm³/mol. The predicted octanol–water partition coefficient (Wildman–Crippen LogP) is 3.25. The third-order valence-electron chi connectivity index (χ3n) is 4.74. The molecule has 166 valence electrons. The van der Waals surface area contributed by atoms with Crippen molar-refractivity contribution in [1.29, 1.82) is 0 Å². The Kier molecular flexibility index (Phi) is 6.79. The maximum Gasteiger partial charge on any atom is 0.330 e. The van der Waals surface area contributed by atoms with Crippen LogP contribution < -0.4 is 21.9 Å². The second kappa shape index (κ2) is 9.34. The molecule has 1 amide bonds. The molecule has 10 heteroatoms. The summed E-state index contributed by atoms with van der Waals surface area (Å²) in [6.07, 6.45) is 3.00. The van der Waals surface area contributed by atoms with E-state index in [-0.39, 0.29) is 29.7 Å². The van der Waals surface area contributed by atoms with Gasteiger partial charge in [-0.05, 0) is 31.4 Å². The molecule has 9 nitrogen and oxygen atoms in total. The number of carbonyl (C=O) groups excluding carboxylic acids is 1. The molecule has 3 N–H and O–H groups in total. The number of carbonyl (C=O) groups is 1. The van der Waals surface area contributed by atoms with Gasteiger partial charge in [0.25, 0.3) is 11.5 Å². The Labute approximate surface area is 183 Å². The number of nitrogen functional groups attached to an aromatic ring is 1. The SMILES string of the molecule is CCCCN(C(=O)c1nc(-c2ccco2)sc1C)c1c(N)n(CC(C)C)c(=O)[nH]c1=O. The number of furan rings is 1.